The van der Waals surface area contributed by atoms with Crippen LogP contribution < -0.4 is 5.32 Å². The summed E-state index contributed by atoms with van der Waals surface area (Å²) in [5, 5.41) is 3.45. The molecule has 1 N–H and O–H groups in total. The van der Waals surface area contributed by atoms with E-state index in [1.807, 2.05) is 0 Å². The normalized spacial score (nSPS) is 34.1. The van der Waals surface area contributed by atoms with Gasteiger partial charge in [-0.1, -0.05) is 0 Å². The number of ether oxygens (including phenoxy) is 2. The van der Waals surface area contributed by atoms with Crippen LogP contribution in [0.4, 0.5) is 0 Å². The van der Waals surface area contributed by atoms with E-state index in [1.54, 1.807) is 0 Å². The predicted molar refractivity (Wildman–Crippen MR) is 75.2 cm³/mol. The highest BCUT2D eigenvalue weighted by molar-refractivity contribution is 4.90. The van der Waals surface area contributed by atoms with Gasteiger partial charge in [-0.25, -0.2) is 0 Å². The van der Waals surface area contributed by atoms with E-state index in [2.05, 4.69) is 24.2 Å². The number of piperidine rings is 1. The second-order valence-corrected chi connectivity index (χ2v) is 6.78. The molecule has 0 aromatic rings. The standard InChI is InChI=1S/C15H28N2O2/c1-14(16-2)7-9-17(10-8-14)11-13-12-18-15(19-13)5-3-4-6-15/h13,16H,3-12H2,1-2H3. The Kier molecular flexibility index (Phi) is 3.87. The van der Waals surface area contributed by atoms with Gasteiger partial charge in [-0.3, -0.25) is 0 Å². The molecule has 3 fully saturated rings. The molecule has 0 bridgehead atoms. The van der Waals surface area contributed by atoms with Gasteiger partial charge in [0.1, 0.15) is 0 Å². The molecule has 0 aromatic carbocycles. The molecule has 110 valence electrons. The van der Waals surface area contributed by atoms with E-state index in [0.717, 1.165) is 26.0 Å². The van der Waals surface area contributed by atoms with Crippen molar-refractivity contribution in [1.82, 2.24) is 10.2 Å². The van der Waals surface area contributed by atoms with Gasteiger partial charge in [0.25, 0.3) is 0 Å². The Morgan fingerprint density at radius 1 is 1.16 bits per heavy atom. The quantitative estimate of drug-likeness (QED) is 0.845. The van der Waals surface area contributed by atoms with Crippen molar-refractivity contribution in [3.63, 3.8) is 0 Å². The van der Waals surface area contributed by atoms with E-state index in [1.165, 1.54) is 38.8 Å². The maximum Gasteiger partial charge on any atom is 0.168 e. The molecule has 2 aliphatic heterocycles. The number of nitrogens with zero attached hydrogens (tertiary/aromatic N) is 1. The van der Waals surface area contributed by atoms with E-state index < -0.39 is 0 Å². The molecule has 2 heterocycles. The van der Waals surface area contributed by atoms with E-state index in [9.17, 15) is 0 Å². The molecule has 3 rings (SSSR count). The van der Waals surface area contributed by atoms with Crippen LogP contribution in [-0.4, -0.2) is 55.6 Å². The van der Waals surface area contributed by atoms with E-state index in [4.69, 9.17) is 9.47 Å². The Balaban J connectivity index is 1.46. The van der Waals surface area contributed by atoms with Crippen molar-refractivity contribution in [2.24, 2.45) is 0 Å². The lowest BCUT2D eigenvalue weighted by molar-refractivity contribution is -0.163. The molecule has 0 amide bonds. The summed E-state index contributed by atoms with van der Waals surface area (Å²) in [4.78, 5) is 2.54. The Hall–Kier alpha value is -0.160. The highest BCUT2D eigenvalue weighted by atomic mass is 16.7. The molecule has 2 saturated heterocycles. The third-order valence-electron chi connectivity index (χ3n) is 5.30. The Bertz CT molecular complexity index is 307. The topological polar surface area (TPSA) is 33.7 Å². The van der Waals surface area contributed by atoms with Crippen molar-refractivity contribution in [3.05, 3.63) is 0 Å². The minimum Gasteiger partial charge on any atom is -0.347 e. The van der Waals surface area contributed by atoms with Crippen LogP contribution in [-0.2, 0) is 9.47 Å². The first kappa shape index (κ1) is 13.8. The van der Waals surface area contributed by atoms with Gasteiger partial charge in [-0.2, -0.15) is 0 Å². The van der Waals surface area contributed by atoms with Crippen molar-refractivity contribution in [2.75, 3.05) is 33.3 Å². The summed E-state index contributed by atoms with van der Waals surface area (Å²) in [6.45, 7) is 6.50. The molecule has 1 saturated carbocycles. The van der Waals surface area contributed by atoms with E-state index in [0.29, 0.717) is 5.54 Å². The molecular weight excluding hydrogens is 240 g/mol. The maximum atomic E-state index is 6.21. The van der Waals surface area contributed by atoms with Gasteiger partial charge in [-0.05, 0) is 52.7 Å². The molecule has 1 atom stereocenters. The third kappa shape index (κ3) is 2.97. The molecule has 0 aromatic heterocycles. The summed E-state index contributed by atoms with van der Waals surface area (Å²) < 4.78 is 12.2. The first-order valence-corrected chi connectivity index (χ1v) is 7.86. The van der Waals surface area contributed by atoms with Crippen molar-refractivity contribution in [1.29, 1.82) is 0 Å². The maximum absolute atomic E-state index is 6.21. The van der Waals surface area contributed by atoms with Gasteiger partial charge in [0.15, 0.2) is 5.79 Å². The first-order valence-electron chi connectivity index (χ1n) is 7.86. The molecule has 4 nitrogen and oxygen atoms in total. The fourth-order valence-electron chi connectivity index (χ4n) is 3.65. The first-order chi connectivity index (χ1) is 9.13. The monoisotopic (exact) mass is 268 g/mol. The van der Waals surface area contributed by atoms with E-state index in [-0.39, 0.29) is 11.9 Å². The molecule has 1 unspecified atom stereocenters. The lowest BCUT2D eigenvalue weighted by Crippen LogP contribution is -2.51. The molecular formula is C15H28N2O2. The number of hydrogen-bond acceptors (Lipinski definition) is 4. The van der Waals surface area contributed by atoms with Crippen molar-refractivity contribution in [3.8, 4) is 0 Å². The molecule has 19 heavy (non-hydrogen) atoms. The molecule has 1 spiro atoms. The average Bonchev–Trinajstić information content (AvgIpc) is 3.04. The summed E-state index contributed by atoms with van der Waals surface area (Å²) in [6, 6.07) is 0. The summed E-state index contributed by atoms with van der Waals surface area (Å²) in [6.07, 6.45) is 7.46. The number of likely N-dealkylation sites (tertiary alicyclic amines) is 1. The summed E-state index contributed by atoms with van der Waals surface area (Å²) in [5.41, 5.74) is 0.330. The molecule has 4 heteroatoms. The second kappa shape index (κ2) is 5.32. The average molecular weight is 268 g/mol. The van der Waals surface area contributed by atoms with Gasteiger partial charge in [-0.15, -0.1) is 0 Å². The zero-order chi connectivity index (χ0) is 13.3. The lowest BCUT2D eigenvalue weighted by Gasteiger charge is -2.40. The van der Waals surface area contributed by atoms with Gasteiger partial charge < -0.3 is 19.7 Å². The second-order valence-electron chi connectivity index (χ2n) is 6.78. The Labute approximate surface area is 116 Å². The zero-order valence-electron chi connectivity index (χ0n) is 12.4. The van der Waals surface area contributed by atoms with Crippen LogP contribution in [0.15, 0.2) is 0 Å². The smallest absolute Gasteiger partial charge is 0.168 e. The van der Waals surface area contributed by atoms with Crippen LogP contribution in [0.2, 0.25) is 0 Å². The Morgan fingerprint density at radius 2 is 1.84 bits per heavy atom. The lowest BCUT2D eigenvalue weighted by atomic mass is 9.90. The minimum atomic E-state index is -0.195. The molecule has 1 aliphatic carbocycles. The fraction of sp³-hybridized carbons (Fsp3) is 1.00. The summed E-state index contributed by atoms with van der Waals surface area (Å²) in [7, 11) is 2.08. The van der Waals surface area contributed by atoms with Crippen LogP contribution in [0.25, 0.3) is 0 Å². The summed E-state index contributed by atoms with van der Waals surface area (Å²) >= 11 is 0. The van der Waals surface area contributed by atoms with Crippen LogP contribution >= 0.6 is 0 Å². The predicted octanol–water partition coefficient (Wildman–Crippen LogP) is 1.75. The number of rotatable bonds is 3. The van der Waals surface area contributed by atoms with E-state index >= 15 is 0 Å². The highest BCUT2D eigenvalue weighted by Crippen LogP contribution is 2.39. The zero-order valence-corrected chi connectivity index (χ0v) is 12.4. The van der Waals surface area contributed by atoms with Crippen LogP contribution in [0.3, 0.4) is 0 Å². The minimum absolute atomic E-state index is 0.195. The van der Waals surface area contributed by atoms with Crippen LogP contribution in [0, 0.1) is 0 Å². The number of hydrogen-bond donors (Lipinski definition) is 1. The van der Waals surface area contributed by atoms with Crippen LogP contribution in [0.5, 0.6) is 0 Å². The van der Waals surface area contributed by atoms with Crippen molar-refractivity contribution < 1.29 is 9.47 Å². The highest BCUT2D eigenvalue weighted by Gasteiger charge is 2.44. The van der Waals surface area contributed by atoms with Crippen molar-refractivity contribution in [2.45, 2.75) is 62.9 Å². The van der Waals surface area contributed by atoms with Gasteiger partial charge >= 0.3 is 0 Å². The van der Waals surface area contributed by atoms with Gasteiger partial charge in [0, 0.05) is 24.9 Å². The molecule has 0 radical (unpaired) electrons. The number of nitrogens with one attached hydrogen (secondary N) is 1. The molecule has 3 aliphatic rings. The van der Waals surface area contributed by atoms with Gasteiger partial charge in [0.2, 0.25) is 0 Å². The Morgan fingerprint density at radius 3 is 2.47 bits per heavy atom. The van der Waals surface area contributed by atoms with Gasteiger partial charge in [0.05, 0.1) is 12.7 Å². The summed E-state index contributed by atoms with van der Waals surface area (Å²) in [5.74, 6) is -0.195. The van der Waals surface area contributed by atoms with Crippen LogP contribution in [0.1, 0.15) is 45.4 Å². The largest absolute Gasteiger partial charge is 0.347 e. The SMILES string of the molecule is CNC1(C)CCN(CC2COC3(CCCC3)O2)CC1. The fourth-order valence-corrected chi connectivity index (χ4v) is 3.65. The van der Waals surface area contributed by atoms with Crippen molar-refractivity contribution >= 4 is 0 Å². The third-order valence-corrected chi connectivity index (χ3v) is 5.30.